The number of hydrogen-bond acceptors (Lipinski definition) is 4. The molecule has 0 aliphatic rings. The summed E-state index contributed by atoms with van der Waals surface area (Å²) in [6.45, 7) is 4.70. The van der Waals surface area contributed by atoms with Gasteiger partial charge in [-0.25, -0.2) is 4.79 Å². The molecule has 2 rings (SSSR count). The first kappa shape index (κ1) is 15.5. The molecule has 1 atom stereocenters. The average molecular weight is 310 g/mol. The summed E-state index contributed by atoms with van der Waals surface area (Å²) in [5.41, 5.74) is 0.205. The van der Waals surface area contributed by atoms with Crippen LogP contribution in [0.4, 0.5) is 0 Å². The Kier molecular flexibility index (Phi) is 4.34. The number of carboxylic acid groups (broad SMARTS) is 1. The molecule has 0 radical (unpaired) electrons. The van der Waals surface area contributed by atoms with Gasteiger partial charge in [-0.3, -0.25) is 0 Å². The average Bonchev–Trinajstić information content (AvgIpc) is 2.88. The van der Waals surface area contributed by atoms with E-state index in [-0.39, 0.29) is 0 Å². The summed E-state index contributed by atoms with van der Waals surface area (Å²) in [6.07, 6.45) is -0.523. The molecule has 0 fully saturated rings. The van der Waals surface area contributed by atoms with Gasteiger partial charge in [0.1, 0.15) is 11.8 Å². The van der Waals surface area contributed by atoms with Crippen molar-refractivity contribution in [2.24, 2.45) is 0 Å². The van der Waals surface area contributed by atoms with Crippen LogP contribution in [0.1, 0.15) is 32.6 Å². The van der Waals surface area contributed by atoms with Crippen LogP contribution < -0.4 is 0 Å². The van der Waals surface area contributed by atoms with E-state index in [2.05, 4.69) is 5.16 Å². The summed E-state index contributed by atoms with van der Waals surface area (Å²) in [7, 11) is 0. The molecule has 21 heavy (non-hydrogen) atoms. The Bertz CT molecular complexity index is 633. The Balaban J connectivity index is 2.16. The highest BCUT2D eigenvalue weighted by molar-refractivity contribution is 6.30. The smallest absolute Gasteiger partial charge is 0.335 e. The van der Waals surface area contributed by atoms with Gasteiger partial charge in [-0.2, -0.15) is 0 Å². The third kappa shape index (κ3) is 3.62. The topological polar surface area (TPSA) is 72.6 Å². The zero-order valence-corrected chi connectivity index (χ0v) is 12.7. The molecule has 6 heteroatoms. The molecule has 0 spiro atoms. The molecule has 1 unspecified atom stereocenters. The predicted octanol–water partition coefficient (Wildman–Crippen LogP) is 3.94. The SMILES string of the molecule is CC(OC(C)(C)C(=O)O)c1cc(-c2ccc(Cl)cc2)no1. The van der Waals surface area contributed by atoms with Crippen LogP contribution in [-0.4, -0.2) is 21.8 Å². The number of nitrogens with zero attached hydrogens (tertiary/aromatic N) is 1. The van der Waals surface area contributed by atoms with Crippen molar-refractivity contribution in [1.29, 1.82) is 0 Å². The highest BCUT2D eigenvalue weighted by atomic mass is 35.5. The minimum atomic E-state index is -1.30. The van der Waals surface area contributed by atoms with Crippen LogP contribution in [-0.2, 0) is 9.53 Å². The lowest BCUT2D eigenvalue weighted by molar-refractivity contribution is -0.168. The highest BCUT2D eigenvalue weighted by Crippen LogP contribution is 2.28. The lowest BCUT2D eigenvalue weighted by atomic mass is 10.1. The van der Waals surface area contributed by atoms with Crippen molar-refractivity contribution < 1.29 is 19.2 Å². The van der Waals surface area contributed by atoms with Crippen LogP contribution in [0.2, 0.25) is 5.02 Å². The third-order valence-electron chi connectivity index (χ3n) is 3.06. The molecule has 0 saturated carbocycles. The molecule has 112 valence electrons. The van der Waals surface area contributed by atoms with E-state index in [0.29, 0.717) is 16.5 Å². The number of benzene rings is 1. The lowest BCUT2D eigenvalue weighted by Crippen LogP contribution is -2.35. The maximum absolute atomic E-state index is 11.1. The normalized spacial score (nSPS) is 13.1. The van der Waals surface area contributed by atoms with Crippen LogP contribution in [0, 0.1) is 0 Å². The quantitative estimate of drug-likeness (QED) is 0.905. The highest BCUT2D eigenvalue weighted by Gasteiger charge is 2.31. The van der Waals surface area contributed by atoms with Crippen LogP contribution >= 0.6 is 11.6 Å². The predicted molar refractivity (Wildman–Crippen MR) is 78.2 cm³/mol. The third-order valence-corrected chi connectivity index (χ3v) is 3.31. The van der Waals surface area contributed by atoms with Gasteiger partial charge >= 0.3 is 5.97 Å². The Labute approximate surface area is 127 Å². The second-order valence-corrected chi connectivity index (χ2v) is 5.63. The molecule has 1 N–H and O–H groups in total. The number of carboxylic acids is 1. The number of ether oxygens (including phenoxy) is 1. The summed E-state index contributed by atoms with van der Waals surface area (Å²) in [5.74, 6) is -0.568. The molecule has 1 aromatic heterocycles. The summed E-state index contributed by atoms with van der Waals surface area (Å²) >= 11 is 5.84. The van der Waals surface area contributed by atoms with E-state index in [1.165, 1.54) is 13.8 Å². The van der Waals surface area contributed by atoms with E-state index in [0.717, 1.165) is 5.56 Å². The Hall–Kier alpha value is -1.85. The van der Waals surface area contributed by atoms with Gasteiger partial charge in [0, 0.05) is 16.7 Å². The van der Waals surface area contributed by atoms with Gasteiger partial charge in [-0.15, -0.1) is 0 Å². The van der Waals surface area contributed by atoms with Gasteiger partial charge in [0.05, 0.1) is 0 Å². The fraction of sp³-hybridized carbons (Fsp3) is 0.333. The van der Waals surface area contributed by atoms with Crippen molar-refractivity contribution >= 4 is 17.6 Å². The number of carbonyl (C=O) groups is 1. The van der Waals surface area contributed by atoms with Crippen molar-refractivity contribution in [3.63, 3.8) is 0 Å². The molecule has 0 amide bonds. The van der Waals surface area contributed by atoms with E-state index in [1.807, 2.05) is 12.1 Å². The minimum Gasteiger partial charge on any atom is -0.479 e. The number of hydrogen-bond donors (Lipinski definition) is 1. The van der Waals surface area contributed by atoms with Gasteiger partial charge in [-0.05, 0) is 32.9 Å². The first-order chi connectivity index (χ1) is 9.79. The maximum atomic E-state index is 11.1. The Morgan fingerprint density at radius 2 is 2.00 bits per heavy atom. The standard InChI is InChI=1S/C15H16ClNO4/c1-9(20-15(2,3)14(18)19)13-8-12(17-21-13)10-4-6-11(16)7-5-10/h4-9H,1-3H3,(H,18,19). The fourth-order valence-electron chi connectivity index (χ4n) is 1.79. The number of halogens is 1. The molecule has 5 nitrogen and oxygen atoms in total. The zero-order chi connectivity index (χ0) is 15.6. The molecule has 0 aliphatic carbocycles. The maximum Gasteiger partial charge on any atom is 0.335 e. The summed E-state index contributed by atoms with van der Waals surface area (Å²) in [6, 6.07) is 8.91. The van der Waals surface area contributed by atoms with Crippen LogP contribution in [0.15, 0.2) is 34.9 Å². The van der Waals surface area contributed by atoms with Gasteiger partial charge < -0.3 is 14.4 Å². The number of rotatable bonds is 5. The molecule has 0 bridgehead atoms. The van der Waals surface area contributed by atoms with Crippen LogP contribution in [0.3, 0.4) is 0 Å². The summed E-state index contributed by atoms with van der Waals surface area (Å²) < 4.78 is 10.7. The van der Waals surface area contributed by atoms with E-state index >= 15 is 0 Å². The monoisotopic (exact) mass is 309 g/mol. The molecule has 1 aromatic carbocycles. The van der Waals surface area contributed by atoms with Crippen LogP contribution in [0.25, 0.3) is 11.3 Å². The van der Waals surface area contributed by atoms with Crippen molar-refractivity contribution in [1.82, 2.24) is 5.16 Å². The number of aliphatic carboxylic acids is 1. The van der Waals surface area contributed by atoms with Gasteiger partial charge in [-0.1, -0.05) is 28.9 Å². The van der Waals surface area contributed by atoms with Crippen molar-refractivity contribution in [2.75, 3.05) is 0 Å². The van der Waals surface area contributed by atoms with E-state index < -0.39 is 17.7 Å². The molecule has 1 heterocycles. The second-order valence-electron chi connectivity index (χ2n) is 5.20. The van der Waals surface area contributed by atoms with Gasteiger partial charge in [0.2, 0.25) is 0 Å². The summed E-state index contributed by atoms with van der Waals surface area (Å²) in [5, 5.41) is 13.7. The molecule has 0 saturated heterocycles. The first-order valence-electron chi connectivity index (χ1n) is 6.43. The molecule has 2 aromatic rings. The number of aromatic nitrogens is 1. The molecule has 0 aliphatic heterocycles. The Morgan fingerprint density at radius 1 is 1.38 bits per heavy atom. The minimum absolute atomic E-state index is 0.467. The zero-order valence-electron chi connectivity index (χ0n) is 12.0. The van der Waals surface area contributed by atoms with Crippen molar-refractivity contribution in [3.05, 3.63) is 41.1 Å². The van der Waals surface area contributed by atoms with Crippen molar-refractivity contribution in [3.8, 4) is 11.3 Å². The van der Waals surface area contributed by atoms with Gasteiger partial charge in [0.15, 0.2) is 11.4 Å². The first-order valence-corrected chi connectivity index (χ1v) is 6.81. The van der Waals surface area contributed by atoms with E-state index in [1.54, 1.807) is 25.1 Å². The van der Waals surface area contributed by atoms with Crippen LogP contribution in [0.5, 0.6) is 0 Å². The molecular weight excluding hydrogens is 294 g/mol. The molecular formula is C15H16ClNO4. The fourth-order valence-corrected chi connectivity index (χ4v) is 1.91. The van der Waals surface area contributed by atoms with Gasteiger partial charge in [0.25, 0.3) is 0 Å². The second kappa shape index (κ2) is 5.87. The largest absolute Gasteiger partial charge is 0.479 e. The lowest BCUT2D eigenvalue weighted by Gasteiger charge is -2.23. The van der Waals surface area contributed by atoms with Crippen molar-refractivity contribution in [2.45, 2.75) is 32.5 Å². The van der Waals surface area contributed by atoms with E-state index in [4.69, 9.17) is 26.0 Å². The van der Waals surface area contributed by atoms with E-state index in [9.17, 15) is 4.79 Å². The Morgan fingerprint density at radius 3 is 2.57 bits per heavy atom. The summed E-state index contributed by atoms with van der Waals surface area (Å²) in [4.78, 5) is 11.1.